The van der Waals surface area contributed by atoms with Gasteiger partial charge in [-0.1, -0.05) is 42.8 Å². The number of fused-ring (bicyclic) bond motifs is 1. The van der Waals surface area contributed by atoms with Gasteiger partial charge in [-0.3, -0.25) is 4.79 Å². The van der Waals surface area contributed by atoms with Crippen LogP contribution in [0.1, 0.15) is 49.9 Å². The van der Waals surface area contributed by atoms with Crippen LogP contribution in [0.5, 0.6) is 0 Å². The molecule has 0 unspecified atom stereocenters. The molecule has 0 fully saturated rings. The Balaban J connectivity index is 1.16. The third-order valence-corrected chi connectivity index (χ3v) is 6.19. The third-order valence-electron chi connectivity index (χ3n) is 6.19. The molecule has 8 nitrogen and oxygen atoms in total. The number of aryl methyl sites for hydroxylation is 3. The molecule has 2 aromatic carbocycles. The molecule has 1 aliphatic rings. The van der Waals surface area contributed by atoms with Gasteiger partial charge in [-0.2, -0.15) is 4.98 Å². The van der Waals surface area contributed by atoms with Crippen molar-refractivity contribution in [2.24, 2.45) is 0 Å². The number of benzene rings is 2. The average Bonchev–Trinajstić information content (AvgIpc) is 3.44. The van der Waals surface area contributed by atoms with Gasteiger partial charge >= 0.3 is 0 Å². The first-order valence-corrected chi connectivity index (χ1v) is 11.9. The third kappa shape index (κ3) is 4.90. The maximum absolute atomic E-state index is 12.4. The Kier molecular flexibility index (Phi) is 6.46. The minimum absolute atomic E-state index is 0.101. The number of anilines is 1. The second-order valence-electron chi connectivity index (χ2n) is 8.59. The van der Waals surface area contributed by atoms with Crippen molar-refractivity contribution < 1.29 is 9.32 Å². The van der Waals surface area contributed by atoms with Crippen LogP contribution in [0, 0.1) is 0 Å². The van der Waals surface area contributed by atoms with Crippen LogP contribution >= 0.6 is 0 Å². The first-order chi connectivity index (χ1) is 16.7. The van der Waals surface area contributed by atoms with Gasteiger partial charge in [-0.05, 0) is 49.1 Å². The van der Waals surface area contributed by atoms with E-state index in [2.05, 4.69) is 49.3 Å². The SMILES string of the molecule is CCc1ccc(-c2noc(CCC(=O)Nc3ccc(-c4nnc5n4CCCCC5)cc3)n2)cc1. The van der Waals surface area contributed by atoms with Gasteiger partial charge in [0.05, 0.1) is 0 Å². The highest BCUT2D eigenvalue weighted by Crippen LogP contribution is 2.24. The van der Waals surface area contributed by atoms with E-state index in [0.717, 1.165) is 54.3 Å². The van der Waals surface area contributed by atoms with Gasteiger partial charge in [0.15, 0.2) is 5.82 Å². The molecule has 8 heteroatoms. The molecule has 2 aromatic heterocycles. The molecule has 1 N–H and O–H groups in total. The normalized spacial score (nSPS) is 13.3. The van der Waals surface area contributed by atoms with Gasteiger partial charge in [-0.25, -0.2) is 0 Å². The zero-order chi connectivity index (χ0) is 23.3. The lowest BCUT2D eigenvalue weighted by Gasteiger charge is -2.08. The van der Waals surface area contributed by atoms with E-state index in [1.807, 2.05) is 36.4 Å². The Labute approximate surface area is 198 Å². The quantitative estimate of drug-likeness (QED) is 0.427. The van der Waals surface area contributed by atoms with Crippen LogP contribution in [0.4, 0.5) is 5.69 Å². The topological polar surface area (TPSA) is 98.7 Å². The van der Waals surface area contributed by atoms with Gasteiger partial charge in [0, 0.05) is 42.6 Å². The summed E-state index contributed by atoms with van der Waals surface area (Å²) in [6.07, 6.45) is 6.15. The Morgan fingerprint density at radius 2 is 1.79 bits per heavy atom. The number of rotatable bonds is 7. The maximum Gasteiger partial charge on any atom is 0.227 e. The number of amides is 1. The van der Waals surface area contributed by atoms with E-state index in [1.54, 1.807) is 0 Å². The summed E-state index contributed by atoms with van der Waals surface area (Å²) in [4.78, 5) is 16.9. The summed E-state index contributed by atoms with van der Waals surface area (Å²) in [5.74, 6) is 2.85. The van der Waals surface area contributed by atoms with Gasteiger partial charge in [0.1, 0.15) is 5.82 Å². The molecule has 1 aliphatic heterocycles. The number of aromatic nitrogens is 5. The molecule has 0 radical (unpaired) electrons. The van der Waals surface area contributed by atoms with E-state index in [0.29, 0.717) is 18.1 Å². The van der Waals surface area contributed by atoms with Crippen molar-refractivity contribution in [1.82, 2.24) is 24.9 Å². The number of hydrogen-bond acceptors (Lipinski definition) is 6. The molecule has 0 saturated heterocycles. The highest BCUT2D eigenvalue weighted by Gasteiger charge is 2.16. The minimum atomic E-state index is -0.101. The summed E-state index contributed by atoms with van der Waals surface area (Å²) < 4.78 is 7.55. The Morgan fingerprint density at radius 1 is 1.00 bits per heavy atom. The maximum atomic E-state index is 12.4. The fourth-order valence-electron chi connectivity index (χ4n) is 4.21. The van der Waals surface area contributed by atoms with Crippen molar-refractivity contribution in [3.63, 3.8) is 0 Å². The number of carbonyl (C=O) groups excluding carboxylic acids is 1. The molecule has 0 aliphatic carbocycles. The zero-order valence-electron chi connectivity index (χ0n) is 19.3. The monoisotopic (exact) mass is 456 g/mol. The van der Waals surface area contributed by atoms with E-state index < -0.39 is 0 Å². The molecule has 0 atom stereocenters. The molecule has 174 valence electrons. The number of hydrogen-bond donors (Lipinski definition) is 1. The van der Waals surface area contributed by atoms with Gasteiger partial charge in [0.2, 0.25) is 17.6 Å². The average molecular weight is 457 g/mol. The van der Waals surface area contributed by atoms with Gasteiger partial charge in [-0.15, -0.1) is 10.2 Å². The first-order valence-electron chi connectivity index (χ1n) is 11.9. The summed E-state index contributed by atoms with van der Waals surface area (Å²) in [5.41, 5.74) is 3.91. The first kappa shape index (κ1) is 22.0. The lowest BCUT2D eigenvalue weighted by molar-refractivity contribution is -0.116. The van der Waals surface area contributed by atoms with Crippen molar-refractivity contribution in [2.45, 2.75) is 58.4 Å². The molecule has 3 heterocycles. The lowest BCUT2D eigenvalue weighted by Crippen LogP contribution is -2.12. The molecule has 5 rings (SSSR count). The van der Waals surface area contributed by atoms with E-state index in [-0.39, 0.29) is 12.3 Å². The van der Waals surface area contributed by atoms with Crippen LogP contribution in [-0.4, -0.2) is 30.8 Å². The molecular weight excluding hydrogens is 428 g/mol. The van der Waals surface area contributed by atoms with Crippen LogP contribution in [-0.2, 0) is 30.6 Å². The van der Waals surface area contributed by atoms with E-state index in [1.165, 1.54) is 18.4 Å². The van der Waals surface area contributed by atoms with Crippen LogP contribution < -0.4 is 5.32 Å². The molecule has 4 aromatic rings. The molecule has 34 heavy (non-hydrogen) atoms. The highest BCUT2D eigenvalue weighted by molar-refractivity contribution is 5.91. The summed E-state index contributed by atoms with van der Waals surface area (Å²) in [5, 5.41) is 15.7. The minimum Gasteiger partial charge on any atom is -0.339 e. The predicted octanol–water partition coefficient (Wildman–Crippen LogP) is 4.86. The largest absolute Gasteiger partial charge is 0.339 e. The highest BCUT2D eigenvalue weighted by atomic mass is 16.5. The Bertz CT molecular complexity index is 1260. The van der Waals surface area contributed by atoms with Crippen LogP contribution in [0.25, 0.3) is 22.8 Å². The number of nitrogens with one attached hydrogen (secondary N) is 1. The Morgan fingerprint density at radius 3 is 2.59 bits per heavy atom. The van der Waals surface area contributed by atoms with Crippen molar-refractivity contribution in [3.05, 3.63) is 65.8 Å². The Hall–Kier alpha value is -3.81. The van der Waals surface area contributed by atoms with Gasteiger partial charge < -0.3 is 14.4 Å². The fourth-order valence-corrected chi connectivity index (χ4v) is 4.21. The van der Waals surface area contributed by atoms with Crippen LogP contribution in [0.3, 0.4) is 0 Å². The predicted molar refractivity (Wildman–Crippen MR) is 129 cm³/mol. The fraction of sp³-hybridized carbons (Fsp3) is 0.346. The smallest absolute Gasteiger partial charge is 0.227 e. The van der Waals surface area contributed by atoms with Crippen molar-refractivity contribution in [3.8, 4) is 22.8 Å². The van der Waals surface area contributed by atoms with Crippen LogP contribution in [0.2, 0.25) is 0 Å². The molecule has 1 amide bonds. The number of carbonyl (C=O) groups is 1. The molecule has 0 bridgehead atoms. The zero-order valence-corrected chi connectivity index (χ0v) is 19.3. The second kappa shape index (κ2) is 9.99. The molecular formula is C26H28N6O2. The molecule has 0 spiro atoms. The summed E-state index contributed by atoms with van der Waals surface area (Å²) >= 11 is 0. The lowest BCUT2D eigenvalue weighted by atomic mass is 10.1. The molecule has 0 saturated carbocycles. The van der Waals surface area contributed by atoms with E-state index in [9.17, 15) is 4.79 Å². The van der Waals surface area contributed by atoms with Crippen molar-refractivity contribution in [1.29, 1.82) is 0 Å². The standard InChI is InChI=1S/C26H28N6O2/c1-2-18-7-9-19(10-8-18)25-28-24(34-31-25)16-15-23(33)27-21-13-11-20(12-14-21)26-30-29-22-6-4-3-5-17-32(22)26/h7-14H,2-6,15-17H2,1H3,(H,27,33). The van der Waals surface area contributed by atoms with Crippen molar-refractivity contribution in [2.75, 3.05) is 5.32 Å². The van der Waals surface area contributed by atoms with Crippen LogP contribution in [0.15, 0.2) is 53.1 Å². The summed E-state index contributed by atoms with van der Waals surface area (Å²) in [6, 6.07) is 15.8. The van der Waals surface area contributed by atoms with E-state index in [4.69, 9.17) is 4.52 Å². The van der Waals surface area contributed by atoms with Crippen molar-refractivity contribution >= 4 is 11.6 Å². The summed E-state index contributed by atoms with van der Waals surface area (Å²) in [6.45, 7) is 3.07. The number of nitrogens with zero attached hydrogens (tertiary/aromatic N) is 5. The van der Waals surface area contributed by atoms with Gasteiger partial charge in [0.25, 0.3) is 0 Å². The van der Waals surface area contributed by atoms with E-state index >= 15 is 0 Å². The second-order valence-corrected chi connectivity index (χ2v) is 8.59. The summed E-state index contributed by atoms with van der Waals surface area (Å²) in [7, 11) is 0.